The lowest BCUT2D eigenvalue weighted by atomic mass is 9.54. The molecule has 1 amide bonds. The number of ketones is 2. The van der Waals surface area contributed by atoms with Crippen molar-refractivity contribution in [2.45, 2.75) is 24.0 Å². The maximum absolute atomic E-state index is 14.3. The molecular weight excluding hydrogens is 502 g/mol. The fourth-order valence-corrected chi connectivity index (χ4v) is 6.39. The van der Waals surface area contributed by atoms with Gasteiger partial charge in [-0.3, -0.25) is 19.3 Å². The zero-order valence-corrected chi connectivity index (χ0v) is 20.3. The SMILES string of the molecule is CN(C)[C@@H]1C(=O)C(C(N)=O)=C(O)[C@@]2(O)C(=O)C3=C(O)c4c(O)cccc4[C@H](c4cc(F)cc(F)c4)[C@H]3C[C@@H]12. The summed E-state index contributed by atoms with van der Waals surface area (Å²) < 4.78 is 28.7. The van der Waals surface area contributed by atoms with Crippen molar-refractivity contribution in [2.75, 3.05) is 14.1 Å². The molecule has 0 heterocycles. The van der Waals surface area contributed by atoms with E-state index in [0.717, 1.165) is 12.1 Å². The van der Waals surface area contributed by atoms with E-state index >= 15 is 0 Å². The number of halogens is 2. The van der Waals surface area contributed by atoms with Crippen LogP contribution in [0.15, 0.2) is 53.3 Å². The normalized spacial score (nSPS) is 28.8. The molecule has 6 N–H and O–H groups in total. The van der Waals surface area contributed by atoms with Crippen LogP contribution in [0.1, 0.15) is 29.0 Å². The van der Waals surface area contributed by atoms with Crippen molar-refractivity contribution in [3.8, 4) is 5.75 Å². The molecular formula is C27H24F2N2O7. The average molecular weight is 526 g/mol. The number of aliphatic hydroxyl groups excluding tert-OH is 2. The van der Waals surface area contributed by atoms with E-state index in [0.29, 0.717) is 6.07 Å². The number of aliphatic hydroxyl groups is 3. The number of phenolic OH excluding ortho intramolecular Hbond substituents is 1. The van der Waals surface area contributed by atoms with Crippen LogP contribution in [0.3, 0.4) is 0 Å². The number of Topliss-reactive ketones (excluding diaryl/α,β-unsaturated/α-hetero) is 2. The molecule has 5 atom stereocenters. The van der Waals surface area contributed by atoms with Gasteiger partial charge in [-0.1, -0.05) is 12.1 Å². The molecule has 0 aliphatic heterocycles. The number of aromatic hydroxyl groups is 1. The highest BCUT2D eigenvalue weighted by Crippen LogP contribution is 2.57. The number of primary amides is 1. The molecule has 2 aromatic rings. The molecule has 0 aromatic heterocycles. The van der Waals surface area contributed by atoms with E-state index in [-0.39, 0.29) is 23.1 Å². The number of nitrogens with zero attached hydrogens (tertiary/aromatic N) is 1. The predicted molar refractivity (Wildman–Crippen MR) is 129 cm³/mol. The Balaban J connectivity index is 1.83. The maximum atomic E-state index is 14.3. The first-order valence-electron chi connectivity index (χ1n) is 11.7. The van der Waals surface area contributed by atoms with Crippen molar-refractivity contribution < 1.29 is 43.6 Å². The Labute approximate surface area is 215 Å². The summed E-state index contributed by atoms with van der Waals surface area (Å²) in [6.07, 6.45) is -0.232. The second-order valence-corrected chi connectivity index (χ2v) is 10.1. The smallest absolute Gasteiger partial charge is 0.255 e. The molecule has 1 fully saturated rings. The van der Waals surface area contributed by atoms with Gasteiger partial charge in [0.1, 0.15) is 34.5 Å². The zero-order valence-electron chi connectivity index (χ0n) is 20.3. The number of hydrogen-bond donors (Lipinski definition) is 5. The number of fused-ring (bicyclic) bond motifs is 3. The molecule has 11 heteroatoms. The fraction of sp³-hybridized carbons (Fsp3) is 0.296. The average Bonchev–Trinajstić information content (AvgIpc) is 2.80. The summed E-state index contributed by atoms with van der Waals surface area (Å²) in [5.74, 6) is -11.0. The van der Waals surface area contributed by atoms with Crippen molar-refractivity contribution in [1.29, 1.82) is 0 Å². The van der Waals surface area contributed by atoms with Crippen LogP contribution in [0.4, 0.5) is 8.78 Å². The van der Waals surface area contributed by atoms with Gasteiger partial charge >= 0.3 is 0 Å². The van der Waals surface area contributed by atoms with Crippen molar-refractivity contribution >= 4 is 23.2 Å². The molecule has 0 bridgehead atoms. The van der Waals surface area contributed by atoms with E-state index < -0.39 is 86.9 Å². The quantitative estimate of drug-likeness (QED) is 0.379. The number of nitrogens with two attached hydrogens (primary N) is 1. The third-order valence-electron chi connectivity index (χ3n) is 7.85. The van der Waals surface area contributed by atoms with Crippen molar-refractivity contribution in [3.05, 3.63) is 81.6 Å². The Morgan fingerprint density at radius 1 is 1.08 bits per heavy atom. The Morgan fingerprint density at radius 2 is 1.71 bits per heavy atom. The van der Waals surface area contributed by atoms with Crippen LogP contribution in [0, 0.1) is 23.5 Å². The van der Waals surface area contributed by atoms with Gasteiger partial charge in [0, 0.05) is 29.4 Å². The van der Waals surface area contributed by atoms with Crippen LogP contribution in [-0.4, -0.2) is 68.5 Å². The lowest BCUT2D eigenvalue weighted by Crippen LogP contribution is -2.66. The first-order valence-corrected chi connectivity index (χ1v) is 11.7. The van der Waals surface area contributed by atoms with Gasteiger partial charge in [0.2, 0.25) is 5.78 Å². The number of rotatable bonds is 3. The largest absolute Gasteiger partial charge is 0.508 e. The highest BCUT2D eigenvalue weighted by Gasteiger charge is 2.65. The third kappa shape index (κ3) is 3.31. The second-order valence-electron chi connectivity index (χ2n) is 10.1. The van der Waals surface area contributed by atoms with Crippen LogP contribution in [0.25, 0.3) is 5.76 Å². The van der Waals surface area contributed by atoms with E-state index in [9.17, 15) is 43.6 Å². The summed E-state index contributed by atoms with van der Waals surface area (Å²) in [6.45, 7) is 0. The van der Waals surface area contributed by atoms with Gasteiger partial charge in [-0.2, -0.15) is 0 Å². The van der Waals surface area contributed by atoms with Gasteiger partial charge < -0.3 is 26.2 Å². The third-order valence-corrected chi connectivity index (χ3v) is 7.85. The summed E-state index contributed by atoms with van der Waals surface area (Å²) in [5.41, 5.74) is 1.31. The summed E-state index contributed by atoms with van der Waals surface area (Å²) in [7, 11) is 2.95. The number of phenols is 1. The Bertz CT molecular complexity index is 1480. The van der Waals surface area contributed by atoms with E-state index in [2.05, 4.69) is 0 Å². The van der Waals surface area contributed by atoms with Crippen LogP contribution in [-0.2, 0) is 14.4 Å². The van der Waals surface area contributed by atoms with Crippen LogP contribution in [0.5, 0.6) is 5.75 Å². The number of carbonyl (C=O) groups is 3. The first-order chi connectivity index (χ1) is 17.8. The van der Waals surface area contributed by atoms with Gasteiger partial charge in [0.15, 0.2) is 11.4 Å². The van der Waals surface area contributed by atoms with Crippen LogP contribution in [0.2, 0.25) is 0 Å². The van der Waals surface area contributed by atoms with E-state index in [1.807, 2.05) is 0 Å². The van der Waals surface area contributed by atoms with Crippen molar-refractivity contribution in [2.24, 2.45) is 17.6 Å². The lowest BCUT2D eigenvalue weighted by molar-refractivity contribution is -0.154. The van der Waals surface area contributed by atoms with Gasteiger partial charge in [-0.05, 0) is 49.8 Å². The molecule has 0 radical (unpaired) electrons. The Hall–Kier alpha value is -4.09. The fourth-order valence-electron chi connectivity index (χ4n) is 6.39. The van der Waals surface area contributed by atoms with E-state index in [1.54, 1.807) is 0 Å². The topological polar surface area (TPSA) is 161 Å². The molecule has 0 saturated heterocycles. The van der Waals surface area contributed by atoms with Crippen molar-refractivity contribution in [1.82, 2.24) is 4.90 Å². The molecule has 0 unspecified atom stereocenters. The predicted octanol–water partition coefficient (Wildman–Crippen LogP) is 1.83. The summed E-state index contributed by atoms with van der Waals surface area (Å²) in [6, 6.07) is 5.74. The summed E-state index contributed by atoms with van der Waals surface area (Å²) in [5, 5.41) is 44.5. The molecule has 2 aromatic carbocycles. The van der Waals surface area contributed by atoms with Gasteiger partial charge in [-0.25, -0.2) is 8.78 Å². The molecule has 9 nitrogen and oxygen atoms in total. The molecule has 3 aliphatic carbocycles. The molecule has 1 saturated carbocycles. The number of carbonyl (C=O) groups excluding carboxylic acids is 3. The van der Waals surface area contributed by atoms with Crippen LogP contribution >= 0.6 is 0 Å². The second kappa shape index (κ2) is 8.47. The van der Waals surface area contributed by atoms with Gasteiger partial charge in [-0.15, -0.1) is 0 Å². The summed E-state index contributed by atoms with van der Waals surface area (Å²) >= 11 is 0. The summed E-state index contributed by atoms with van der Waals surface area (Å²) in [4.78, 5) is 40.8. The minimum absolute atomic E-state index is 0.0868. The number of hydrogen-bond acceptors (Lipinski definition) is 8. The molecule has 3 aliphatic rings. The minimum atomic E-state index is -2.83. The number of likely N-dealkylation sites (N-methyl/N-ethyl adjacent to an activating group) is 1. The molecule has 198 valence electrons. The van der Waals surface area contributed by atoms with Gasteiger partial charge in [0.25, 0.3) is 5.91 Å². The number of benzene rings is 2. The van der Waals surface area contributed by atoms with E-state index in [1.165, 1.54) is 37.2 Å². The monoisotopic (exact) mass is 526 g/mol. The minimum Gasteiger partial charge on any atom is -0.508 e. The molecule has 0 spiro atoms. The van der Waals surface area contributed by atoms with Crippen LogP contribution < -0.4 is 5.73 Å². The zero-order chi connectivity index (χ0) is 27.8. The lowest BCUT2D eigenvalue weighted by Gasteiger charge is -2.51. The standard InChI is InChI=1S/C27H24F2N2O7/c1-31(2)21-15-9-14-17(10-6-11(28)8-12(29)7-10)13-4-3-5-16(32)18(13)22(33)19(14)24(35)27(15,38)25(36)20(23(21)34)26(30)37/h3-8,14-15,17,21,32-33,36,38H,9H2,1-2H3,(H2,30,37)/t14-,15+,17+,21+,27+/m1/s1. The maximum Gasteiger partial charge on any atom is 0.255 e. The Morgan fingerprint density at radius 3 is 2.29 bits per heavy atom. The first kappa shape index (κ1) is 25.6. The van der Waals surface area contributed by atoms with Crippen molar-refractivity contribution in [3.63, 3.8) is 0 Å². The van der Waals surface area contributed by atoms with E-state index in [4.69, 9.17) is 5.73 Å². The molecule has 5 rings (SSSR count). The number of amides is 1. The highest BCUT2D eigenvalue weighted by molar-refractivity contribution is 6.24. The van der Waals surface area contributed by atoms with Gasteiger partial charge in [0.05, 0.1) is 11.6 Å². The Kier molecular flexibility index (Phi) is 5.69. The highest BCUT2D eigenvalue weighted by atomic mass is 19.1. The molecule has 38 heavy (non-hydrogen) atoms.